The Labute approximate surface area is 156 Å². The van der Waals surface area contributed by atoms with E-state index in [0.717, 1.165) is 17.7 Å². The number of guanidine groups is 1. The fourth-order valence-electron chi connectivity index (χ4n) is 2.34. The molecular formula is C20H18F2N4O. The highest BCUT2D eigenvalue weighted by Gasteiger charge is 2.09. The lowest BCUT2D eigenvalue weighted by molar-refractivity contribution is -0.115. The van der Waals surface area contributed by atoms with Gasteiger partial charge < -0.3 is 5.32 Å². The van der Waals surface area contributed by atoms with Crippen molar-refractivity contribution in [2.24, 2.45) is 4.99 Å². The van der Waals surface area contributed by atoms with Gasteiger partial charge in [0.05, 0.1) is 18.2 Å². The second-order valence-electron chi connectivity index (χ2n) is 5.83. The number of aryl methyl sites for hydroxylation is 2. The Bertz CT molecular complexity index is 938. The summed E-state index contributed by atoms with van der Waals surface area (Å²) in [6.45, 7) is 6.67. The van der Waals surface area contributed by atoms with E-state index in [1.54, 1.807) is 25.1 Å². The number of nitrogens with one attached hydrogen (secondary N) is 2. The Balaban J connectivity index is 2.28. The third kappa shape index (κ3) is 5.22. The first-order valence-electron chi connectivity index (χ1n) is 8.04. The summed E-state index contributed by atoms with van der Waals surface area (Å²) in [4.78, 5) is 15.9. The monoisotopic (exact) mass is 368 g/mol. The standard InChI is InChI=1S/C20H18F2N4O/c1-4-18(27)26-20(25-17-6-5-14(10-23)7-12(17)2)24-11-15-8-13(3)19(22)16(21)9-15/h4-9H,1,11H2,2-3H3,(H2,24,25,26,27). The number of rotatable bonds is 4. The lowest BCUT2D eigenvalue weighted by Crippen LogP contribution is -2.35. The fourth-order valence-corrected chi connectivity index (χ4v) is 2.34. The molecule has 1 amide bonds. The molecule has 0 aromatic heterocycles. The van der Waals surface area contributed by atoms with Gasteiger partial charge in [-0.15, -0.1) is 0 Å². The van der Waals surface area contributed by atoms with E-state index in [0.29, 0.717) is 16.8 Å². The molecule has 0 radical (unpaired) electrons. The highest BCUT2D eigenvalue weighted by atomic mass is 19.2. The third-order valence-corrected chi connectivity index (χ3v) is 3.73. The summed E-state index contributed by atoms with van der Waals surface area (Å²) in [7, 11) is 0. The molecule has 0 aliphatic rings. The van der Waals surface area contributed by atoms with Crippen molar-refractivity contribution >= 4 is 17.6 Å². The summed E-state index contributed by atoms with van der Waals surface area (Å²) in [6.07, 6.45) is 1.09. The van der Waals surface area contributed by atoms with Crippen molar-refractivity contribution in [2.45, 2.75) is 20.4 Å². The first-order chi connectivity index (χ1) is 12.8. The summed E-state index contributed by atoms with van der Waals surface area (Å²) in [5.74, 6) is -2.20. The van der Waals surface area contributed by atoms with Crippen molar-refractivity contribution < 1.29 is 13.6 Å². The summed E-state index contributed by atoms with van der Waals surface area (Å²) in [6, 6.07) is 9.59. The maximum Gasteiger partial charge on any atom is 0.250 e. The first kappa shape index (κ1) is 19.8. The number of carbonyl (C=O) groups excluding carboxylic acids is 1. The van der Waals surface area contributed by atoms with Gasteiger partial charge in [-0.25, -0.2) is 13.8 Å². The maximum absolute atomic E-state index is 13.6. The number of hydrogen-bond donors (Lipinski definition) is 2. The molecule has 0 spiro atoms. The average molecular weight is 368 g/mol. The summed E-state index contributed by atoms with van der Waals surface area (Å²) >= 11 is 0. The smallest absolute Gasteiger partial charge is 0.250 e. The summed E-state index contributed by atoms with van der Waals surface area (Å²) in [5, 5.41) is 14.4. The second-order valence-corrected chi connectivity index (χ2v) is 5.83. The lowest BCUT2D eigenvalue weighted by Gasteiger charge is -2.13. The van der Waals surface area contributed by atoms with Crippen molar-refractivity contribution in [3.05, 3.63) is 76.9 Å². The van der Waals surface area contributed by atoms with Crippen LogP contribution in [0.4, 0.5) is 14.5 Å². The van der Waals surface area contributed by atoms with E-state index < -0.39 is 17.5 Å². The molecule has 2 N–H and O–H groups in total. The molecular weight excluding hydrogens is 350 g/mol. The Kier molecular flexibility index (Phi) is 6.39. The molecule has 0 aliphatic carbocycles. The van der Waals surface area contributed by atoms with Crippen LogP contribution in [0.15, 0.2) is 48.0 Å². The maximum atomic E-state index is 13.6. The normalized spacial score (nSPS) is 10.9. The van der Waals surface area contributed by atoms with E-state index in [9.17, 15) is 13.6 Å². The summed E-state index contributed by atoms with van der Waals surface area (Å²) in [5.41, 5.74) is 2.55. The minimum atomic E-state index is -0.951. The van der Waals surface area contributed by atoms with Crippen LogP contribution < -0.4 is 10.6 Å². The minimum absolute atomic E-state index is 0.0210. The number of nitrogens with zero attached hydrogens (tertiary/aromatic N) is 2. The predicted octanol–water partition coefficient (Wildman–Crippen LogP) is 3.72. The van der Waals surface area contributed by atoms with Gasteiger partial charge >= 0.3 is 0 Å². The van der Waals surface area contributed by atoms with Gasteiger partial charge in [-0.3, -0.25) is 10.1 Å². The van der Waals surface area contributed by atoms with E-state index in [2.05, 4.69) is 22.2 Å². The van der Waals surface area contributed by atoms with E-state index >= 15 is 0 Å². The van der Waals surface area contributed by atoms with Crippen LogP contribution in [-0.2, 0) is 11.3 Å². The SMILES string of the molecule is C=CC(=O)NC(=NCc1cc(C)c(F)c(F)c1)Nc1ccc(C#N)cc1C. The number of hydrogen-bond acceptors (Lipinski definition) is 3. The van der Waals surface area contributed by atoms with Crippen LogP contribution in [0.25, 0.3) is 0 Å². The van der Waals surface area contributed by atoms with E-state index in [1.807, 2.05) is 6.07 Å². The van der Waals surface area contributed by atoms with E-state index in [1.165, 1.54) is 13.0 Å². The third-order valence-electron chi connectivity index (χ3n) is 3.73. The topological polar surface area (TPSA) is 77.3 Å². The van der Waals surface area contributed by atoms with Gasteiger partial charge in [-0.1, -0.05) is 12.6 Å². The number of amides is 1. The average Bonchev–Trinajstić information content (AvgIpc) is 2.65. The Hall–Kier alpha value is -3.53. The van der Waals surface area contributed by atoms with Crippen molar-refractivity contribution in [2.75, 3.05) is 5.32 Å². The van der Waals surface area contributed by atoms with Crippen molar-refractivity contribution in [1.29, 1.82) is 5.26 Å². The number of benzene rings is 2. The fraction of sp³-hybridized carbons (Fsp3) is 0.150. The molecule has 2 aromatic rings. The van der Waals surface area contributed by atoms with Gasteiger partial charge in [0.2, 0.25) is 11.9 Å². The molecule has 2 rings (SSSR count). The van der Waals surface area contributed by atoms with Gasteiger partial charge in [-0.2, -0.15) is 5.26 Å². The van der Waals surface area contributed by atoms with Crippen LogP contribution in [0.3, 0.4) is 0 Å². The van der Waals surface area contributed by atoms with Crippen LogP contribution >= 0.6 is 0 Å². The van der Waals surface area contributed by atoms with Crippen molar-refractivity contribution in [3.8, 4) is 6.07 Å². The van der Waals surface area contributed by atoms with Gasteiger partial charge in [0, 0.05) is 5.69 Å². The zero-order chi connectivity index (χ0) is 20.0. The predicted molar refractivity (Wildman–Crippen MR) is 100 cm³/mol. The van der Waals surface area contributed by atoms with Crippen LogP contribution in [0.2, 0.25) is 0 Å². The van der Waals surface area contributed by atoms with Crippen LogP contribution in [0.1, 0.15) is 22.3 Å². The molecule has 2 aromatic carbocycles. The quantitative estimate of drug-likeness (QED) is 0.490. The zero-order valence-corrected chi connectivity index (χ0v) is 14.9. The zero-order valence-electron chi connectivity index (χ0n) is 14.9. The molecule has 0 bridgehead atoms. The molecule has 0 fully saturated rings. The molecule has 0 heterocycles. The van der Waals surface area contributed by atoms with Gasteiger partial charge in [0.15, 0.2) is 11.6 Å². The second kappa shape index (κ2) is 8.72. The molecule has 0 saturated heterocycles. The Morgan fingerprint density at radius 3 is 2.59 bits per heavy atom. The largest absolute Gasteiger partial charge is 0.326 e. The van der Waals surface area contributed by atoms with Crippen LogP contribution in [0, 0.1) is 36.8 Å². The lowest BCUT2D eigenvalue weighted by atomic mass is 10.1. The first-order valence-corrected chi connectivity index (χ1v) is 8.04. The van der Waals surface area contributed by atoms with Gasteiger partial charge in [0.1, 0.15) is 0 Å². The number of aliphatic imine (C=N–C) groups is 1. The van der Waals surface area contributed by atoms with Gasteiger partial charge in [-0.05, 0) is 60.9 Å². The number of nitriles is 1. The molecule has 0 aliphatic heterocycles. The van der Waals surface area contributed by atoms with Crippen LogP contribution in [0.5, 0.6) is 0 Å². The van der Waals surface area contributed by atoms with E-state index in [-0.39, 0.29) is 18.1 Å². The Morgan fingerprint density at radius 2 is 2.00 bits per heavy atom. The number of carbonyl (C=O) groups is 1. The molecule has 5 nitrogen and oxygen atoms in total. The molecule has 0 saturated carbocycles. The number of halogens is 2. The number of anilines is 1. The van der Waals surface area contributed by atoms with Crippen LogP contribution in [-0.4, -0.2) is 11.9 Å². The molecule has 0 unspecified atom stereocenters. The molecule has 0 atom stereocenters. The highest BCUT2D eigenvalue weighted by Crippen LogP contribution is 2.17. The molecule has 7 heteroatoms. The highest BCUT2D eigenvalue weighted by molar-refractivity contribution is 6.07. The molecule has 27 heavy (non-hydrogen) atoms. The van der Waals surface area contributed by atoms with E-state index in [4.69, 9.17) is 5.26 Å². The van der Waals surface area contributed by atoms with Crippen molar-refractivity contribution in [1.82, 2.24) is 5.32 Å². The Morgan fingerprint density at radius 1 is 1.26 bits per heavy atom. The van der Waals surface area contributed by atoms with Gasteiger partial charge in [0.25, 0.3) is 0 Å². The minimum Gasteiger partial charge on any atom is -0.326 e. The molecule has 138 valence electrons. The van der Waals surface area contributed by atoms with Crippen molar-refractivity contribution in [3.63, 3.8) is 0 Å². The summed E-state index contributed by atoms with van der Waals surface area (Å²) < 4.78 is 27.0.